The normalized spacial score (nSPS) is 18.1. The molecule has 2 fully saturated rings. The van der Waals surface area contributed by atoms with Crippen LogP contribution in [0, 0.1) is 5.92 Å². The number of ether oxygens (including phenoxy) is 1. The summed E-state index contributed by atoms with van der Waals surface area (Å²) in [6.45, 7) is 8.13. The minimum atomic E-state index is -4.87. The number of nitrogens with zero attached hydrogens (tertiary/aromatic N) is 3. The molecule has 1 N–H and O–H groups in total. The quantitative estimate of drug-likeness (QED) is 0.314. The van der Waals surface area contributed by atoms with E-state index in [2.05, 4.69) is 5.32 Å². The largest absolute Gasteiger partial charge is 0.444 e. The van der Waals surface area contributed by atoms with E-state index in [9.17, 15) is 36.0 Å². The molecule has 2 heterocycles. The van der Waals surface area contributed by atoms with Gasteiger partial charge < -0.3 is 19.9 Å². The highest BCUT2D eigenvalue weighted by Gasteiger charge is 2.38. The standard InChI is InChI=1S/C34H43Cl2F3N4O6S/c1-6-50(47,48)29-10-9-23(35)18-28(29)41(5)31(45)22-16-26(34(37,38)39)25(27(36)17-22)20-42-13-7-8-21(19-42)30(44)40-24-11-14-43(15-12-24)32(46)49-33(2,3)4/h9-10,16-18,21,24H,6-8,11-15,19-20H2,1-5H3,(H,40,44)/t21-/m0/s1. The molecule has 50 heavy (non-hydrogen) atoms. The number of hydrogen-bond acceptors (Lipinski definition) is 7. The van der Waals surface area contributed by atoms with Crippen LogP contribution in [0.3, 0.4) is 0 Å². The Hall–Kier alpha value is -3.07. The Balaban J connectivity index is 1.47. The van der Waals surface area contributed by atoms with Crippen molar-refractivity contribution in [1.29, 1.82) is 0 Å². The number of halogens is 5. The van der Waals surface area contributed by atoms with Gasteiger partial charge in [0.25, 0.3) is 5.91 Å². The van der Waals surface area contributed by atoms with Gasteiger partial charge in [0, 0.05) is 54.9 Å². The summed E-state index contributed by atoms with van der Waals surface area (Å²) in [5, 5.41) is 2.90. The fourth-order valence-corrected chi connectivity index (χ4v) is 7.68. The fraction of sp³-hybridized carbons (Fsp3) is 0.559. The van der Waals surface area contributed by atoms with Crippen molar-refractivity contribution in [2.45, 2.75) is 82.6 Å². The predicted molar refractivity (Wildman–Crippen MR) is 185 cm³/mol. The van der Waals surface area contributed by atoms with Crippen LogP contribution >= 0.6 is 23.2 Å². The number of rotatable bonds is 8. The molecule has 2 aromatic carbocycles. The summed E-state index contributed by atoms with van der Waals surface area (Å²) in [4.78, 5) is 43.3. The van der Waals surface area contributed by atoms with E-state index in [1.807, 2.05) is 0 Å². The first kappa shape index (κ1) is 39.7. The van der Waals surface area contributed by atoms with Gasteiger partial charge in [0.15, 0.2) is 9.84 Å². The van der Waals surface area contributed by atoms with E-state index in [0.29, 0.717) is 45.3 Å². The zero-order valence-electron chi connectivity index (χ0n) is 28.7. The number of nitrogens with one attached hydrogen (secondary N) is 1. The molecule has 0 aliphatic carbocycles. The van der Waals surface area contributed by atoms with E-state index in [1.165, 1.54) is 32.2 Å². The van der Waals surface area contributed by atoms with Crippen molar-refractivity contribution in [1.82, 2.24) is 15.1 Å². The minimum absolute atomic E-state index is 0.0793. The van der Waals surface area contributed by atoms with Crippen LogP contribution in [0.25, 0.3) is 0 Å². The highest BCUT2D eigenvalue weighted by Crippen LogP contribution is 2.38. The molecule has 0 aromatic heterocycles. The van der Waals surface area contributed by atoms with Gasteiger partial charge in [-0.15, -0.1) is 0 Å². The van der Waals surface area contributed by atoms with Gasteiger partial charge in [-0.25, -0.2) is 13.2 Å². The maximum absolute atomic E-state index is 14.5. The number of sulfone groups is 1. The Morgan fingerprint density at radius 3 is 2.28 bits per heavy atom. The molecule has 2 aliphatic rings. The van der Waals surface area contributed by atoms with Crippen molar-refractivity contribution in [2.24, 2.45) is 5.92 Å². The van der Waals surface area contributed by atoms with Crippen molar-refractivity contribution in [2.75, 3.05) is 43.9 Å². The van der Waals surface area contributed by atoms with Crippen molar-refractivity contribution in [3.63, 3.8) is 0 Å². The number of carbonyl (C=O) groups excluding carboxylic acids is 3. The van der Waals surface area contributed by atoms with E-state index >= 15 is 0 Å². The summed E-state index contributed by atoms with van der Waals surface area (Å²) in [7, 11) is -2.56. The molecule has 2 saturated heterocycles. The highest BCUT2D eigenvalue weighted by atomic mass is 35.5. The maximum atomic E-state index is 14.5. The van der Waals surface area contributed by atoms with Crippen LogP contribution in [-0.4, -0.2) is 86.7 Å². The molecule has 10 nitrogen and oxygen atoms in total. The Morgan fingerprint density at radius 1 is 1.02 bits per heavy atom. The highest BCUT2D eigenvalue weighted by molar-refractivity contribution is 7.91. The number of hydrogen-bond donors (Lipinski definition) is 1. The lowest BCUT2D eigenvalue weighted by Crippen LogP contribution is -2.50. The average molecular weight is 764 g/mol. The van der Waals surface area contributed by atoms with Gasteiger partial charge in [0.2, 0.25) is 5.91 Å². The van der Waals surface area contributed by atoms with Gasteiger partial charge in [-0.3, -0.25) is 14.5 Å². The van der Waals surface area contributed by atoms with Crippen LogP contribution in [0.2, 0.25) is 10.0 Å². The zero-order valence-corrected chi connectivity index (χ0v) is 31.0. The summed E-state index contributed by atoms with van der Waals surface area (Å²) in [5.41, 5.74) is -2.41. The third kappa shape index (κ3) is 9.83. The molecule has 0 radical (unpaired) electrons. The number of carbonyl (C=O) groups is 3. The fourth-order valence-electron chi connectivity index (χ4n) is 6.14. The SMILES string of the molecule is CCS(=O)(=O)c1ccc(Cl)cc1N(C)C(=O)c1cc(Cl)c(CN2CCC[C@H](C(=O)NC3CCN(C(=O)OC(C)(C)C)CC3)C2)c(C(F)(F)F)c1. The van der Waals surface area contributed by atoms with Crippen molar-refractivity contribution in [3.05, 3.63) is 57.1 Å². The van der Waals surface area contributed by atoms with E-state index in [1.54, 1.807) is 30.6 Å². The summed E-state index contributed by atoms with van der Waals surface area (Å²) in [5.74, 6) is -1.83. The average Bonchev–Trinajstić information content (AvgIpc) is 3.03. The summed E-state index contributed by atoms with van der Waals surface area (Å²) in [6, 6.07) is 5.58. The third-order valence-corrected chi connectivity index (χ3v) is 11.1. The zero-order chi connectivity index (χ0) is 37.2. The molecule has 0 spiro atoms. The molecule has 3 amide bonds. The Bertz CT molecular complexity index is 1710. The van der Waals surface area contributed by atoms with E-state index in [4.69, 9.17) is 27.9 Å². The molecule has 2 aromatic rings. The Kier molecular flexibility index (Phi) is 12.4. The Morgan fingerprint density at radius 2 is 1.68 bits per heavy atom. The molecule has 0 bridgehead atoms. The van der Waals surface area contributed by atoms with Crippen molar-refractivity contribution < 1.29 is 40.7 Å². The molecule has 1 atom stereocenters. The van der Waals surface area contributed by atoms with Crippen LogP contribution < -0.4 is 10.2 Å². The van der Waals surface area contributed by atoms with Gasteiger partial charge in [-0.1, -0.05) is 30.1 Å². The Labute approximate surface area is 301 Å². The third-order valence-electron chi connectivity index (χ3n) is 8.80. The van der Waals surface area contributed by atoms with Crippen molar-refractivity contribution >= 4 is 56.6 Å². The first-order valence-electron chi connectivity index (χ1n) is 16.4. The molecule has 276 valence electrons. The van der Waals surface area contributed by atoms with Crippen LogP contribution in [0.1, 0.15) is 74.9 Å². The lowest BCUT2D eigenvalue weighted by Gasteiger charge is -2.36. The van der Waals surface area contributed by atoms with Gasteiger partial charge >= 0.3 is 12.3 Å². The number of piperidine rings is 2. The van der Waals surface area contributed by atoms with Crippen LogP contribution in [-0.2, 0) is 32.1 Å². The number of anilines is 1. The lowest BCUT2D eigenvalue weighted by molar-refractivity contribution is -0.138. The molecular weight excluding hydrogens is 720 g/mol. The van der Waals surface area contributed by atoms with Crippen LogP contribution in [0.5, 0.6) is 0 Å². The smallest absolute Gasteiger partial charge is 0.416 e. The number of amides is 3. The second-order valence-electron chi connectivity index (χ2n) is 13.7. The first-order valence-corrected chi connectivity index (χ1v) is 18.8. The minimum Gasteiger partial charge on any atom is -0.444 e. The second-order valence-corrected chi connectivity index (χ2v) is 16.8. The predicted octanol–water partition coefficient (Wildman–Crippen LogP) is 6.81. The van der Waals surface area contributed by atoms with Gasteiger partial charge in [0.05, 0.1) is 27.8 Å². The monoisotopic (exact) mass is 762 g/mol. The number of likely N-dealkylation sites (tertiary alicyclic amines) is 2. The summed E-state index contributed by atoms with van der Waals surface area (Å²) < 4.78 is 74.3. The van der Waals surface area contributed by atoms with E-state index < -0.39 is 45.1 Å². The summed E-state index contributed by atoms with van der Waals surface area (Å²) >= 11 is 12.6. The molecule has 2 aliphatic heterocycles. The second kappa shape index (κ2) is 15.7. The number of alkyl halides is 3. The van der Waals surface area contributed by atoms with E-state index in [0.717, 1.165) is 17.0 Å². The van der Waals surface area contributed by atoms with Gasteiger partial charge in [0.1, 0.15) is 5.60 Å². The van der Waals surface area contributed by atoms with Crippen LogP contribution in [0.15, 0.2) is 35.2 Å². The van der Waals surface area contributed by atoms with E-state index in [-0.39, 0.29) is 62.5 Å². The molecular formula is C34H43Cl2F3N4O6S. The molecule has 16 heteroatoms. The van der Waals surface area contributed by atoms with Crippen LogP contribution in [0.4, 0.5) is 23.7 Å². The van der Waals surface area contributed by atoms with Crippen molar-refractivity contribution in [3.8, 4) is 0 Å². The first-order chi connectivity index (χ1) is 23.2. The van der Waals surface area contributed by atoms with Gasteiger partial charge in [-0.05, 0) is 88.9 Å². The van der Waals surface area contributed by atoms with Gasteiger partial charge in [-0.2, -0.15) is 13.2 Å². The molecule has 4 rings (SSSR count). The lowest BCUT2D eigenvalue weighted by atomic mass is 9.94. The molecule has 0 saturated carbocycles. The topological polar surface area (TPSA) is 116 Å². The number of benzene rings is 2. The summed E-state index contributed by atoms with van der Waals surface area (Å²) in [6.07, 6.45) is -3.01. The molecule has 0 unspecified atom stereocenters. The maximum Gasteiger partial charge on any atom is 0.416 e.